The zero-order valence-electron chi connectivity index (χ0n) is 10.1. The van der Waals surface area contributed by atoms with E-state index in [1.165, 1.54) is 0 Å². The van der Waals surface area contributed by atoms with Crippen molar-refractivity contribution >= 4 is 13.4 Å². The first-order valence-corrected chi connectivity index (χ1v) is 7.49. The van der Waals surface area contributed by atoms with E-state index >= 15 is 0 Å². The molecule has 0 aliphatic heterocycles. The van der Waals surface area contributed by atoms with E-state index in [9.17, 15) is 9.36 Å². The van der Waals surface area contributed by atoms with Crippen LogP contribution in [0.2, 0.25) is 0 Å². The van der Waals surface area contributed by atoms with Gasteiger partial charge in [-0.2, -0.15) is 0 Å². The van der Waals surface area contributed by atoms with E-state index in [0.29, 0.717) is 16.7 Å². The van der Waals surface area contributed by atoms with Crippen molar-refractivity contribution in [3.8, 4) is 0 Å². The first kappa shape index (κ1) is 13.7. The highest BCUT2D eigenvalue weighted by molar-refractivity contribution is 7.50. The van der Waals surface area contributed by atoms with Gasteiger partial charge in [-0.05, 0) is 5.56 Å². The highest BCUT2D eigenvalue weighted by Crippen LogP contribution is 2.40. The molecule has 2 N–H and O–H groups in total. The molecule has 2 aromatic rings. The lowest BCUT2D eigenvalue weighted by Crippen LogP contribution is -2.05. The Kier molecular flexibility index (Phi) is 3.96. The minimum atomic E-state index is -4.20. The monoisotopic (exact) mass is 276 g/mol. The Balaban J connectivity index is 2.40. The van der Waals surface area contributed by atoms with Crippen molar-refractivity contribution in [3.05, 3.63) is 71.3 Å². The van der Waals surface area contributed by atoms with Crippen LogP contribution in [-0.4, -0.2) is 15.6 Å². The summed E-state index contributed by atoms with van der Waals surface area (Å²) >= 11 is 0. The summed E-state index contributed by atoms with van der Waals surface area (Å²) in [6, 6.07) is 15.1. The van der Waals surface area contributed by atoms with Gasteiger partial charge >= 0.3 is 7.60 Å². The third kappa shape index (κ3) is 3.61. The molecule has 0 aromatic heterocycles. The van der Waals surface area contributed by atoms with Gasteiger partial charge in [-0.1, -0.05) is 54.6 Å². The SMILES string of the molecule is O=C(c1ccccc1)c1ccccc1CP(=O)(O)O. The second-order valence-electron chi connectivity index (χ2n) is 4.18. The molecule has 0 aliphatic rings. The number of benzene rings is 2. The first-order valence-electron chi connectivity index (χ1n) is 5.69. The molecule has 0 spiro atoms. The second kappa shape index (κ2) is 5.49. The molecular weight excluding hydrogens is 263 g/mol. The van der Waals surface area contributed by atoms with E-state index in [4.69, 9.17) is 9.79 Å². The Morgan fingerprint density at radius 1 is 0.947 bits per heavy atom. The molecule has 19 heavy (non-hydrogen) atoms. The van der Waals surface area contributed by atoms with Gasteiger partial charge in [0.05, 0.1) is 6.16 Å². The molecule has 5 heteroatoms. The summed E-state index contributed by atoms with van der Waals surface area (Å²) in [6.45, 7) is 0. The fraction of sp³-hybridized carbons (Fsp3) is 0.0714. The summed E-state index contributed by atoms with van der Waals surface area (Å²) in [5.74, 6) is -0.232. The van der Waals surface area contributed by atoms with Crippen LogP contribution in [0, 0.1) is 0 Å². The quantitative estimate of drug-likeness (QED) is 0.665. The zero-order chi connectivity index (χ0) is 13.9. The number of rotatable bonds is 4. The van der Waals surface area contributed by atoms with Crippen LogP contribution in [0.15, 0.2) is 54.6 Å². The van der Waals surface area contributed by atoms with Crippen molar-refractivity contribution < 1.29 is 19.1 Å². The summed E-state index contributed by atoms with van der Waals surface area (Å²) in [4.78, 5) is 30.4. The Morgan fingerprint density at radius 2 is 1.53 bits per heavy atom. The highest BCUT2D eigenvalue weighted by atomic mass is 31.2. The lowest BCUT2D eigenvalue weighted by atomic mass is 9.99. The molecule has 0 unspecified atom stereocenters. The molecule has 0 aliphatic carbocycles. The predicted octanol–water partition coefficient (Wildman–Crippen LogP) is 2.60. The van der Waals surface area contributed by atoms with E-state index in [2.05, 4.69) is 0 Å². The van der Waals surface area contributed by atoms with Crippen LogP contribution in [0.25, 0.3) is 0 Å². The fourth-order valence-corrected chi connectivity index (χ4v) is 2.57. The van der Waals surface area contributed by atoms with Crippen molar-refractivity contribution in [2.24, 2.45) is 0 Å². The molecule has 0 saturated carbocycles. The van der Waals surface area contributed by atoms with Gasteiger partial charge in [0.15, 0.2) is 5.78 Å². The smallest absolute Gasteiger partial charge is 0.324 e. The van der Waals surface area contributed by atoms with Crippen LogP contribution >= 0.6 is 7.60 Å². The standard InChI is InChI=1S/C14H13O4P/c15-14(11-6-2-1-3-7-11)13-9-5-4-8-12(13)10-19(16,17)18/h1-9H,10H2,(H2,16,17,18). The van der Waals surface area contributed by atoms with Gasteiger partial charge in [-0.25, -0.2) is 0 Å². The minimum Gasteiger partial charge on any atom is -0.324 e. The largest absolute Gasteiger partial charge is 0.329 e. The Hall–Kier alpha value is -1.74. The average molecular weight is 276 g/mol. The fourth-order valence-electron chi connectivity index (χ4n) is 1.85. The number of hydrogen-bond acceptors (Lipinski definition) is 2. The van der Waals surface area contributed by atoms with E-state index in [1.54, 1.807) is 54.6 Å². The lowest BCUT2D eigenvalue weighted by Gasteiger charge is -2.09. The van der Waals surface area contributed by atoms with Crippen molar-refractivity contribution in [1.82, 2.24) is 0 Å². The molecule has 2 rings (SSSR count). The van der Waals surface area contributed by atoms with Gasteiger partial charge in [-0.3, -0.25) is 9.36 Å². The number of carbonyl (C=O) groups excluding carboxylic acids is 1. The van der Waals surface area contributed by atoms with Gasteiger partial charge in [0, 0.05) is 11.1 Å². The van der Waals surface area contributed by atoms with Crippen LogP contribution < -0.4 is 0 Å². The maximum Gasteiger partial charge on any atom is 0.329 e. The van der Waals surface area contributed by atoms with E-state index in [1.807, 2.05) is 0 Å². The van der Waals surface area contributed by atoms with Crippen molar-refractivity contribution in [3.63, 3.8) is 0 Å². The van der Waals surface area contributed by atoms with Crippen LogP contribution in [0.5, 0.6) is 0 Å². The Bertz CT molecular complexity index is 631. The molecule has 98 valence electrons. The Labute approximate surface area is 110 Å². The topological polar surface area (TPSA) is 74.6 Å². The van der Waals surface area contributed by atoms with Crippen LogP contribution in [-0.2, 0) is 10.7 Å². The van der Waals surface area contributed by atoms with E-state index in [-0.39, 0.29) is 5.78 Å². The van der Waals surface area contributed by atoms with Crippen molar-refractivity contribution in [2.75, 3.05) is 0 Å². The first-order chi connectivity index (χ1) is 8.97. The summed E-state index contributed by atoms with van der Waals surface area (Å²) in [7, 11) is -4.20. The van der Waals surface area contributed by atoms with Crippen LogP contribution in [0.4, 0.5) is 0 Å². The molecule has 4 nitrogen and oxygen atoms in total. The molecule has 0 saturated heterocycles. The third-order valence-corrected chi connectivity index (χ3v) is 3.43. The molecule has 2 aromatic carbocycles. The lowest BCUT2D eigenvalue weighted by molar-refractivity contribution is 0.103. The Morgan fingerprint density at radius 3 is 2.16 bits per heavy atom. The average Bonchev–Trinajstić information content (AvgIpc) is 2.38. The van der Waals surface area contributed by atoms with E-state index in [0.717, 1.165) is 0 Å². The third-order valence-electron chi connectivity index (χ3n) is 2.67. The summed E-state index contributed by atoms with van der Waals surface area (Å²) in [5, 5.41) is 0. The zero-order valence-corrected chi connectivity index (χ0v) is 11.0. The molecule has 0 radical (unpaired) electrons. The summed E-state index contributed by atoms with van der Waals surface area (Å²) < 4.78 is 11.1. The molecule has 0 amide bonds. The highest BCUT2D eigenvalue weighted by Gasteiger charge is 2.19. The van der Waals surface area contributed by atoms with Gasteiger partial charge < -0.3 is 9.79 Å². The van der Waals surface area contributed by atoms with Gasteiger partial charge in [0.2, 0.25) is 0 Å². The molecule has 0 fully saturated rings. The minimum absolute atomic E-state index is 0.232. The summed E-state index contributed by atoms with van der Waals surface area (Å²) in [6.07, 6.45) is -0.429. The number of ketones is 1. The van der Waals surface area contributed by atoms with Gasteiger partial charge in [0.1, 0.15) is 0 Å². The summed E-state index contributed by atoms with van der Waals surface area (Å²) in [5.41, 5.74) is 1.20. The number of hydrogen-bond donors (Lipinski definition) is 2. The maximum absolute atomic E-state index is 12.3. The van der Waals surface area contributed by atoms with E-state index < -0.39 is 13.8 Å². The molecule has 0 bridgehead atoms. The van der Waals surface area contributed by atoms with Crippen molar-refractivity contribution in [2.45, 2.75) is 6.16 Å². The van der Waals surface area contributed by atoms with Crippen LogP contribution in [0.3, 0.4) is 0 Å². The maximum atomic E-state index is 12.3. The van der Waals surface area contributed by atoms with Crippen LogP contribution in [0.1, 0.15) is 21.5 Å². The second-order valence-corrected chi connectivity index (χ2v) is 5.82. The molecule has 0 heterocycles. The van der Waals surface area contributed by atoms with Gasteiger partial charge in [0.25, 0.3) is 0 Å². The molecular formula is C14H13O4P. The van der Waals surface area contributed by atoms with Gasteiger partial charge in [-0.15, -0.1) is 0 Å². The number of carbonyl (C=O) groups is 1. The predicted molar refractivity (Wildman–Crippen MR) is 72.1 cm³/mol. The molecule has 0 atom stereocenters. The van der Waals surface area contributed by atoms with Crippen molar-refractivity contribution in [1.29, 1.82) is 0 Å². The normalized spacial score (nSPS) is 11.3.